The lowest BCUT2D eigenvalue weighted by Gasteiger charge is -2.11. The van der Waals surface area contributed by atoms with Crippen molar-refractivity contribution in [2.45, 2.75) is 13.8 Å². The van der Waals surface area contributed by atoms with Crippen molar-refractivity contribution in [2.75, 3.05) is 5.32 Å². The summed E-state index contributed by atoms with van der Waals surface area (Å²) in [6.45, 7) is 3.00. The molecule has 26 heavy (non-hydrogen) atoms. The molecule has 9 nitrogen and oxygen atoms in total. The molecule has 134 valence electrons. The normalized spacial score (nSPS) is 10.1. The minimum atomic E-state index is -1.40. The van der Waals surface area contributed by atoms with Crippen molar-refractivity contribution in [3.05, 3.63) is 68.8 Å². The van der Waals surface area contributed by atoms with Crippen LogP contribution in [0, 0.1) is 24.0 Å². The quantitative estimate of drug-likeness (QED) is 0.370. The zero-order chi connectivity index (χ0) is 19.4. The van der Waals surface area contributed by atoms with Crippen molar-refractivity contribution in [2.24, 2.45) is 0 Å². The van der Waals surface area contributed by atoms with Gasteiger partial charge in [0.2, 0.25) is 0 Å². The van der Waals surface area contributed by atoms with Gasteiger partial charge in [0, 0.05) is 6.07 Å². The topological polar surface area (TPSA) is 136 Å². The number of esters is 2. The van der Waals surface area contributed by atoms with E-state index in [4.69, 9.17) is 9.84 Å². The molecule has 0 aliphatic carbocycles. The maximum atomic E-state index is 12.4. The number of rotatable bonds is 4. The molecule has 2 aromatic carbocycles. The van der Waals surface area contributed by atoms with Crippen molar-refractivity contribution in [1.82, 2.24) is 0 Å². The number of anilines is 1. The Morgan fingerprint density at radius 1 is 1.00 bits per heavy atom. The lowest BCUT2D eigenvalue weighted by molar-refractivity contribution is -0.385. The minimum Gasteiger partial charge on any atom is -0.465 e. The van der Waals surface area contributed by atoms with Gasteiger partial charge < -0.3 is 9.84 Å². The van der Waals surface area contributed by atoms with Crippen LogP contribution in [0.3, 0.4) is 0 Å². The van der Waals surface area contributed by atoms with Gasteiger partial charge in [0.15, 0.2) is 0 Å². The van der Waals surface area contributed by atoms with Gasteiger partial charge in [0.1, 0.15) is 5.56 Å². The van der Waals surface area contributed by atoms with Gasteiger partial charge in [-0.1, -0.05) is 24.3 Å². The summed E-state index contributed by atoms with van der Waals surface area (Å²) in [6.07, 6.45) is -1.40. The van der Waals surface area contributed by atoms with Crippen LogP contribution >= 0.6 is 0 Å². The molecule has 0 bridgehead atoms. The van der Waals surface area contributed by atoms with Crippen LogP contribution < -0.4 is 5.32 Å². The fourth-order valence-corrected chi connectivity index (χ4v) is 2.41. The van der Waals surface area contributed by atoms with Gasteiger partial charge in [-0.15, -0.1) is 0 Å². The third kappa shape index (κ3) is 3.83. The number of carbonyl (C=O) groups excluding carboxylic acids is 2. The van der Waals surface area contributed by atoms with Gasteiger partial charge in [-0.05, 0) is 31.0 Å². The number of carboxylic acid groups (broad SMARTS) is 1. The first kappa shape index (κ1) is 18.6. The number of amides is 1. The van der Waals surface area contributed by atoms with Crippen LogP contribution in [-0.2, 0) is 4.74 Å². The molecule has 0 unspecified atom stereocenters. The molecule has 1 amide bonds. The van der Waals surface area contributed by atoms with Crippen molar-refractivity contribution in [3.63, 3.8) is 0 Å². The van der Waals surface area contributed by atoms with E-state index in [0.29, 0.717) is 5.56 Å². The molecule has 2 aromatic rings. The summed E-state index contributed by atoms with van der Waals surface area (Å²) in [6, 6.07) is 8.38. The highest BCUT2D eigenvalue weighted by Crippen LogP contribution is 2.25. The molecular weight excluding hydrogens is 344 g/mol. The fraction of sp³-hybridized carbons (Fsp3) is 0.118. The number of carbonyl (C=O) groups is 3. The summed E-state index contributed by atoms with van der Waals surface area (Å²) in [5.41, 5.74) is -0.406. The van der Waals surface area contributed by atoms with E-state index >= 15 is 0 Å². The largest absolute Gasteiger partial charge is 0.465 e. The molecule has 2 N–H and O–H groups in total. The number of hydrogen-bond acceptors (Lipinski definition) is 6. The molecule has 0 aliphatic heterocycles. The highest BCUT2D eigenvalue weighted by molar-refractivity contribution is 6.08. The molecule has 9 heteroatoms. The highest BCUT2D eigenvalue weighted by atomic mass is 16.6. The number of hydrogen-bond donors (Lipinski definition) is 2. The molecule has 0 radical (unpaired) electrons. The van der Waals surface area contributed by atoms with Gasteiger partial charge in [0.25, 0.3) is 5.69 Å². The van der Waals surface area contributed by atoms with Gasteiger partial charge in [-0.25, -0.2) is 14.4 Å². The molecule has 0 atom stereocenters. The molecule has 0 aromatic heterocycles. The molecule has 0 fully saturated rings. The highest BCUT2D eigenvalue weighted by Gasteiger charge is 2.27. The van der Waals surface area contributed by atoms with E-state index in [0.717, 1.165) is 6.07 Å². The van der Waals surface area contributed by atoms with Crippen LogP contribution in [0.4, 0.5) is 16.2 Å². The number of nitrogens with zero attached hydrogens (tertiary/aromatic N) is 1. The smallest absolute Gasteiger partial charge is 0.409 e. The lowest BCUT2D eigenvalue weighted by Crippen LogP contribution is -2.19. The second-order valence-corrected chi connectivity index (χ2v) is 5.33. The van der Waals surface area contributed by atoms with Gasteiger partial charge in [0.05, 0.1) is 16.2 Å². The molecule has 0 saturated heterocycles. The summed E-state index contributed by atoms with van der Waals surface area (Å²) in [5, 5.41) is 22.0. The van der Waals surface area contributed by atoms with Crippen LogP contribution in [0.15, 0.2) is 36.4 Å². The molecule has 0 saturated carbocycles. The van der Waals surface area contributed by atoms with E-state index in [1.165, 1.54) is 44.2 Å². The van der Waals surface area contributed by atoms with Gasteiger partial charge in [-0.3, -0.25) is 15.4 Å². The number of nitrogens with one attached hydrogen (secondary N) is 1. The standard InChI is InChI=1S/C17H14N2O7/c1-9-5-3-7-11(18-17(22)23)13(9)15(20)26-16(21)14-10(2)6-4-8-12(14)19(24)25/h3-8,18H,1-2H3,(H,22,23). The zero-order valence-corrected chi connectivity index (χ0v) is 13.8. The van der Waals surface area contributed by atoms with E-state index in [-0.39, 0.29) is 22.4 Å². The Morgan fingerprint density at radius 3 is 2.12 bits per heavy atom. The van der Waals surface area contributed by atoms with Crippen molar-refractivity contribution in [1.29, 1.82) is 0 Å². The number of nitro benzene ring substituents is 1. The Labute approximate surface area is 147 Å². The first-order valence-electron chi connectivity index (χ1n) is 7.32. The van der Waals surface area contributed by atoms with E-state index in [9.17, 15) is 24.5 Å². The Balaban J connectivity index is 2.39. The minimum absolute atomic E-state index is 0.0606. The maximum Gasteiger partial charge on any atom is 0.409 e. The predicted molar refractivity (Wildman–Crippen MR) is 90.4 cm³/mol. The summed E-state index contributed by atoms with van der Waals surface area (Å²) in [4.78, 5) is 45.9. The van der Waals surface area contributed by atoms with Crippen molar-refractivity contribution >= 4 is 29.4 Å². The summed E-state index contributed by atoms with van der Waals surface area (Å²) in [7, 11) is 0. The van der Waals surface area contributed by atoms with Crippen molar-refractivity contribution in [3.8, 4) is 0 Å². The number of benzene rings is 2. The predicted octanol–water partition coefficient (Wildman–Crippen LogP) is 3.30. The molecule has 0 aliphatic rings. The molecule has 0 heterocycles. The molecule has 2 rings (SSSR count). The van der Waals surface area contributed by atoms with Crippen LogP contribution in [0.25, 0.3) is 0 Å². The molecular formula is C17H14N2O7. The van der Waals surface area contributed by atoms with Gasteiger partial charge >= 0.3 is 18.0 Å². The average molecular weight is 358 g/mol. The van der Waals surface area contributed by atoms with Crippen molar-refractivity contribution < 1.29 is 29.2 Å². The molecule has 0 spiro atoms. The SMILES string of the molecule is Cc1cccc(NC(=O)O)c1C(=O)OC(=O)c1c(C)cccc1[N+](=O)[O-]. The first-order valence-corrected chi connectivity index (χ1v) is 7.32. The second-order valence-electron chi connectivity index (χ2n) is 5.33. The Kier molecular flexibility index (Phi) is 5.31. The van der Waals surface area contributed by atoms with E-state index in [1.807, 2.05) is 5.32 Å². The van der Waals surface area contributed by atoms with E-state index < -0.39 is 28.6 Å². The summed E-state index contributed by atoms with van der Waals surface area (Å²) < 4.78 is 4.78. The van der Waals surface area contributed by atoms with Crippen LogP contribution in [0.2, 0.25) is 0 Å². The Bertz CT molecular complexity index is 921. The Hall–Kier alpha value is -3.75. The Morgan fingerprint density at radius 2 is 1.54 bits per heavy atom. The lowest BCUT2D eigenvalue weighted by atomic mass is 10.1. The number of aryl methyl sites for hydroxylation is 2. The zero-order valence-electron chi connectivity index (χ0n) is 13.8. The first-order chi connectivity index (χ1) is 12.2. The van der Waals surface area contributed by atoms with E-state index in [2.05, 4.69) is 0 Å². The third-order valence-corrected chi connectivity index (χ3v) is 3.56. The summed E-state index contributed by atoms with van der Waals surface area (Å²) in [5.74, 6) is -2.31. The maximum absolute atomic E-state index is 12.4. The number of nitro groups is 1. The monoisotopic (exact) mass is 358 g/mol. The number of ether oxygens (including phenoxy) is 1. The second kappa shape index (κ2) is 7.43. The van der Waals surface area contributed by atoms with Crippen LogP contribution in [0.1, 0.15) is 31.8 Å². The fourth-order valence-electron chi connectivity index (χ4n) is 2.41. The summed E-state index contributed by atoms with van der Waals surface area (Å²) >= 11 is 0. The average Bonchev–Trinajstić information content (AvgIpc) is 2.53. The third-order valence-electron chi connectivity index (χ3n) is 3.56. The van der Waals surface area contributed by atoms with Crippen LogP contribution in [-0.4, -0.2) is 28.1 Å². The van der Waals surface area contributed by atoms with Gasteiger partial charge in [-0.2, -0.15) is 0 Å². The van der Waals surface area contributed by atoms with Crippen LogP contribution in [0.5, 0.6) is 0 Å². The van der Waals surface area contributed by atoms with E-state index in [1.54, 1.807) is 0 Å².